The highest BCUT2D eigenvalue weighted by Crippen LogP contribution is 2.39. The Kier molecular flexibility index (Phi) is 2.84. The Morgan fingerprint density at radius 2 is 2.00 bits per heavy atom. The van der Waals surface area contributed by atoms with Crippen molar-refractivity contribution >= 4 is 16.9 Å². The number of rotatable bonds is 3. The van der Waals surface area contributed by atoms with Gasteiger partial charge in [-0.2, -0.15) is 0 Å². The molecule has 0 radical (unpaired) electrons. The molecule has 106 valence electrons. The molecule has 0 saturated heterocycles. The molecule has 1 aliphatic rings. The maximum absolute atomic E-state index is 13.7. The van der Waals surface area contributed by atoms with E-state index in [1.54, 1.807) is 12.4 Å². The summed E-state index contributed by atoms with van der Waals surface area (Å²) in [7, 11) is 0. The van der Waals surface area contributed by atoms with Crippen LogP contribution >= 0.6 is 0 Å². The van der Waals surface area contributed by atoms with Gasteiger partial charge in [-0.1, -0.05) is 18.2 Å². The van der Waals surface area contributed by atoms with Gasteiger partial charge in [-0.25, -0.2) is 14.4 Å². The summed E-state index contributed by atoms with van der Waals surface area (Å²) in [6, 6.07) is 9.34. The lowest BCUT2D eigenvalue weighted by atomic mass is 9.75. The van der Waals surface area contributed by atoms with E-state index in [4.69, 9.17) is 0 Å². The lowest BCUT2D eigenvalue weighted by molar-refractivity contribution is 0.363. The van der Waals surface area contributed by atoms with Crippen LogP contribution < -0.4 is 5.32 Å². The van der Waals surface area contributed by atoms with Crippen LogP contribution in [0.25, 0.3) is 11.0 Å². The van der Waals surface area contributed by atoms with E-state index < -0.39 is 0 Å². The van der Waals surface area contributed by atoms with Gasteiger partial charge in [0.25, 0.3) is 0 Å². The quantitative estimate of drug-likeness (QED) is 0.773. The predicted octanol–water partition coefficient (Wildman–Crippen LogP) is 3.46. The van der Waals surface area contributed by atoms with Crippen molar-refractivity contribution in [3.05, 3.63) is 54.2 Å². The summed E-state index contributed by atoms with van der Waals surface area (Å²) in [6.45, 7) is 0. The second-order valence-electron chi connectivity index (χ2n) is 5.49. The highest BCUT2D eigenvalue weighted by Gasteiger charge is 2.32. The smallest absolute Gasteiger partial charge is 0.142 e. The molecule has 4 nitrogen and oxygen atoms in total. The average Bonchev–Trinajstić information content (AvgIpc) is 2.93. The Morgan fingerprint density at radius 1 is 1.14 bits per heavy atom. The number of halogens is 1. The van der Waals surface area contributed by atoms with E-state index >= 15 is 0 Å². The van der Waals surface area contributed by atoms with Crippen molar-refractivity contribution in [3.8, 4) is 0 Å². The summed E-state index contributed by atoms with van der Waals surface area (Å²) >= 11 is 0. The molecular formula is C16H15FN4. The summed E-state index contributed by atoms with van der Waals surface area (Å²) in [5.41, 5.74) is 1.66. The minimum absolute atomic E-state index is 0.101. The van der Waals surface area contributed by atoms with Crippen molar-refractivity contribution in [2.75, 3.05) is 5.32 Å². The standard InChI is InChI=1S/C16H15FN4/c17-14-4-2-1-3-12(14)10-7-11(8-10)21-16-13-5-6-18-15(13)19-9-20-16/h1-6,9-11H,7-8H2,(H2,18,19,20,21). The maximum Gasteiger partial charge on any atom is 0.142 e. The van der Waals surface area contributed by atoms with E-state index in [0.29, 0.717) is 12.0 Å². The van der Waals surface area contributed by atoms with Gasteiger partial charge in [0.05, 0.1) is 5.39 Å². The number of fused-ring (bicyclic) bond motifs is 1. The highest BCUT2D eigenvalue weighted by atomic mass is 19.1. The third-order valence-corrected chi connectivity index (χ3v) is 4.18. The van der Waals surface area contributed by atoms with E-state index in [2.05, 4.69) is 20.3 Å². The fraction of sp³-hybridized carbons (Fsp3) is 0.250. The summed E-state index contributed by atoms with van der Waals surface area (Å²) in [5, 5.41) is 4.43. The van der Waals surface area contributed by atoms with Crippen molar-refractivity contribution in [1.29, 1.82) is 0 Å². The molecule has 0 bridgehead atoms. The number of hydrogen-bond acceptors (Lipinski definition) is 3. The van der Waals surface area contributed by atoms with Gasteiger partial charge >= 0.3 is 0 Å². The molecule has 1 saturated carbocycles. The fourth-order valence-corrected chi connectivity index (χ4v) is 2.98. The molecule has 3 aromatic rings. The number of anilines is 1. The fourth-order valence-electron chi connectivity index (χ4n) is 2.98. The molecule has 2 heterocycles. The molecule has 1 aromatic carbocycles. The van der Waals surface area contributed by atoms with E-state index in [1.165, 1.54) is 6.07 Å². The zero-order valence-electron chi connectivity index (χ0n) is 11.4. The van der Waals surface area contributed by atoms with Crippen molar-refractivity contribution in [1.82, 2.24) is 15.0 Å². The van der Waals surface area contributed by atoms with Crippen molar-refractivity contribution < 1.29 is 4.39 Å². The largest absolute Gasteiger partial charge is 0.367 e. The highest BCUT2D eigenvalue weighted by molar-refractivity contribution is 5.86. The molecule has 0 unspecified atom stereocenters. The molecule has 0 amide bonds. The lowest BCUT2D eigenvalue weighted by Crippen LogP contribution is -2.34. The molecular weight excluding hydrogens is 267 g/mol. The topological polar surface area (TPSA) is 53.6 Å². The number of aromatic amines is 1. The van der Waals surface area contributed by atoms with Crippen LogP contribution in [0.1, 0.15) is 24.3 Å². The molecule has 21 heavy (non-hydrogen) atoms. The van der Waals surface area contributed by atoms with Gasteiger partial charge in [-0.3, -0.25) is 0 Å². The first kappa shape index (κ1) is 12.3. The minimum atomic E-state index is -0.101. The monoisotopic (exact) mass is 282 g/mol. The molecule has 0 aliphatic heterocycles. The van der Waals surface area contributed by atoms with Crippen LogP contribution in [-0.2, 0) is 0 Å². The number of hydrogen-bond donors (Lipinski definition) is 2. The number of nitrogens with one attached hydrogen (secondary N) is 2. The normalized spacial score (nSPS) is 21.2. The van der Waals surface area contributed by atoms with E-state index in [0.717, 1.165) is 35.3 Å². The third kappa shape index (κ3) is 2.14. The van der Waals surface area contributed by atoms with Crippen LogP contribution in [0, 0.1) is 5.82 Å². The van der Waals surface area contributed by atoms with Crippen LogP contribution in [0.15, 0.2) is 42.9 Å². The van der Waals surface area contributed by atoms with E-state index in [-0.39, 0.29) is 5.82 Å². The zero-order valence-corrected chi connectivity index (χ0v) is 11.4. The SMILES string of the molecule is Fc1ccccc1C1CC(Nc2ncnc3[nH]ccc23)C1. The van der Waals surface area contributed by atoms with Crippen LogP contribution in [0.4, 0.5) is 10.2 Å². The first-order valence-corrected chi connectivity index (χ1v) is 7.10. The van der Waals surface area contributed by atoms with E-state index in [9.17, 15) is 4.39 Å². The van der Waals surface area contributed by atoms with Gasteiger partial charge in [0.15, 0.2) is 0 Å². The number of benzene rings is 1. The van der Waals surface area contributed by atoms with Gasteiger partial charge in [-0.15, -0.1) is 0 Å². The molecule has 0 atom stereocenters. The third-order valence-electron chi connectivity index (χ3n) is 4.18. The second kappa shape index (κ2) is 4.84. The van der Waals surface area contributed by atoms with Gasteiger partial charge in [-0.05, 0) is 36.5 Å². The predicted molar refractivity (Wildman–Crippen MR) is 79.7 cm³/mol. The van der Waals surface area contributed by atoms with Crippen LogP contribution in [0.3, 0.4) is 0 Å². The van der Waals surface area contributed by atoms with Gasteiger partial charge in [0.2, 0.25) is 0 Å². The Balaban J connectivity index is 1.47. The maximum atomic E-state index is 13.7. The van der Waals surface area contributed by atoms with Crippen LogP contribution in [0.2, 0.25) is 0 Å². The van der Waals surface area contributed by atoms with Crippen molar-refractivity contribution in [2.45, 2.75) is 24.8 Å². The van der Waals surface area contributed by atoms with Crippen molar-refractivity contribution in [2.24, 2.45) is 0 Å². The van der Waals surface area contributed by atoms with Gasteiger partial charge in [0.1, 0.15) is 23.6 Å². The molecule has 5 heteroatoms. The Morgan fingerprint density at radius 3 is 2.86 bits per heavy atom. The number of aromatic nitrogens is 3. The summed E-state index contributed by atoms with van der Waals surface area (Å²) in [4.78, 5) is 11.5. The Hall–Kier alpha value is -2.43. The zero-order chi connectivity index (χ0) is 14.2. The minimum Gasteiger partial charge on any atom is -0.367 e. The Bertz CT molecular complexity index is 777. The van der Waals surface area contributed by atoms with Crippen molar-refractivity contribution in [3.63, 3.8) is 0 Å². The summed E-state index contributed by atoms with van der Waals surface area (Å²) < 4.78 is 13.7. The first-order chi connectivity index (χ1) is 10.3. The van der Waals surface area contributed by atoms with Crippen LogP contribution in [-0.4, -0.2) is 21.0 Å². The number of H-pyrrole nitrogens is 1. The summed E-state index contributed by atoms with van der Waals surface area (Å²) in [5.74, 6) is 1.04. The molecule has 4 rings (SSSR count). The average molecular weight is 282 g/mol. The number of nitrogens with zero attached hydrogens (tertiary/aromatic N) is 2. The van der Waals surface area contributed by atoms with Gasteiger partial charge in [0, 0.05) is 12.2 Å². The van der Waals surface area contributed by atoms with Gasteiger partial charge < -0.3 is 10.3 Å². The first-order valence-electron chi connectivity index (χ1n) is 7.10. The van der Waals surface area contributed by atoms with E-state index in [1.807, 2.05) is 24.4 Å². The molecule has 0 spiro atoms. The molecule has 1 aliphatic carbocycles. The summed E-state index contributed by atoms with van der Waals surface area (Å²) in [6.07, 6.45) is 5.26. The second-order valence-corrected chi connectivity index (χ2v) is 5.49. The van der Waals surface area contributed by atoms with Crippen LogP contribution in [0.5, 0.6) is 0 Å². The molecule has 2 N–H and O–H groups in total. The molecule has 2 aromatic heterocycles. The lowest BCUT2D eigenvalue weighted by Gasteiger charge is -2.36. The Labute approximate surface area is 121 Å². The molecule has 1 fully saturated rings.